The molecule has 0 bridgehead atoms. The van der Waals surface area contributed by atoms with Crippen molar-refractivity contribution in [1.29, 1.82) is 0 Å². The predicted molar refractivity (Wildman–Crippen MR) is 278 cm³/mol. The summed E-state index contributed by atoms with van der Waals surface area (Å²) < 4.78 is 5.46. The second-order valence-electron chi connectivity index (χ2n) is 20.0. The van der Waals surface area contributed by atoms with Gasteiger partial charge < -0.3 is 20.3 Å². The Hall–Kier alpha value is -1.40. The fourth-order valence-corrected chi connectivity index (χ4v) is 9.11. The van der Waals surface area contributed by atoms with Gasteiger partial charge in [0.25, 0.3) is 0 Å². The van der Waals surface area contributed by atoms with Crippen LogP contribution in [0.2, 0.25) is 0 Å². The number of aliphatic hydroxyl groups is 2. The Bertz CT molecular complexity index is 955. The quantitative estimate of drug-likeness (QED) is 0.0321. The van der Waals surface area contributed by atoms with Gasteiger partial charge in [0.2, 0.25) is 5.91 Å². The monoisotopic (exact) mass is 904 g/mol. The van der Waals surface area contributed by atoms with Gasteiger partial charge in [0.1, 0.15) is 0 Å². The van der Waals surface area contributed by atoms with Crippen molar-refractivity contribution >= 4 is 11.9 Å². The molecule has 0 rings (SSSR count). The van der Waals surface area contributed by atoms with E-state index in [0.29, 0.717) is 19.4 Å². The Morgan fingerprint density at radius 1 is 0.422 bits per heavy atom. The zero-order valence-corrected chi connectivity index (χ0v) is 43.3. The van der Waals surface area contributed by atoms with Crippen LogP contribution in [-0.4, -0.2) is 47.4 Å². The molecule has 0 saturated heterocycles. The van der Waals surface area contributed by atoms with Gasteiger partial charge in [-0.3, -0.25) is 9.59 Å². The van der Waals surface area contributed by atoms with Gasteiger partial charge in [-0.2, -0.15) is 0 Å². The zero-order chi connectivity index (χ0) is 46.5. The number of amides is 1. The zero-order valence-electron chi connectivity index (χ0n) is 43.3. The van der Waals surface area contributed by atoms with Crippen molar-refractivity contribution in [2.45, 2.75) is 334 Å². The molecule has 380 valence electrons. The summed E-state index contributed by atoms with van der Waals surface area (Å²) in [6, 6.07) is -0.632. The van der Waals surface area contributed by atoms with Crippen LogP contribution in [0.4, 0.5) is 0 Å². The minimum atomic E-state index is -0.848. The third-order valence-corrected chi connectivity index (χ3v) is 13.6. The number of ether oxygens (including phenoxy) is 1. The van der Waals surface area contributed by atoms with Crippen molar-refractivity contribution in [2.24, 2.45) is 0 Å². The number of aliphatic hydroxyl groups excluding tert-OH is 2. The van der Waals surface area contributed by atoms with E-state index in [1.807, 2.05) is 6.08 Å². The van der Waals surface area contributed by atoms with Crippen LogP contribution in [0.5, 0.6) is 0 Å². The minimum absolute atomic E-state index is 0.00247. The summed E-state index contributed by atoms with van der Waals surface area (Å²) in [7, 11) is 0. The van der Waals surface area contributed by atoms with Gasteiger partial charge in [-0.05, 0) is 32.1 Å². The second-order valence-corrected chi connectivity index (χ2v) is 20.0. The van der Waals surface area contributed by atoms with E-state index < -0.39 is 12.1 Å². The summed E-state index contributed by atoms with van der Waals surface area (Å²) in [6.07, 6.45) is 63.7. The van der Waals surface area contributed by atoms with E-state index in [9.17, 15) is 19.8 Å². The number of unbranched alkanes of at least 4 members (excludes halogenated alkanes) is 43. The maximum atomic E-state index is 12.5. The highest BCUT2D eigenvalue weighted by molar-refractivity contribution is 5.76. The van der Waals surface area contributed by atoms with Gasteiger partial charge in [0.15, 0.2) is 0 Å². The highest BCUT2D eigenvalue weighted by atomic mass is 16.5. The molecule has 0 aromatic carbocycles. The molecular formula is C58H113NO5. The molecule has 0 aliphatic carbocycles. The van der Waals surface area contributed by atoms with Crippen LogP contribution < -0.4 is 5.32 Å². The summed E-state index contributed by atoms with van der Waals surface area (Å²) >= 11 is 0. The average Bonchev–Trinajstić information content (AvgIpc) is 3.29. The van der Waals surface area contributed by atoms with Crippen molar-refractivity contribution in [3.05, 3.63) is 12.2 Å². The smallest absolute Gasteiger partial charge is 0.305 e. The molecule has 0 aliphatic rings. The number of hydrogen-bond acceptors (Lipinski definition) is 5. The Labute approximate surface area is 399 Å². The molecule has 0 heterocycles. The highest BCUT2D eigenvalue weighted by Crippen LogP contribution is 2.17. The lowest BCUT2D eigenvalue weighted by Gasteiger charge is -2.20. The first-order valence-electron chi connectivity index (χ1n) is 29.0. The summed E-state index contributed by atoms with van der Waals surface area (Å²) in [5, 5.41) is 23.2. The maximum absolute atomic E-state index is 12.5. The first kappa shape index (κ1) is 62.6. The predicted octanol–water partition coefficient (Wildman–Crippen LogP) is 17.7. The topological polar surface area (TPSA) is 95.9 Å². The largest absolute Gasteiger partial charge is 0.466 e. The number of esters is 1. The fraction of sp³-hybridized carbons (Fsp3) is 0.931. The van der Waals surface area contributed by atoms with Crippen LogP contribution in [0.1, 0.15) is 322 Å². The molecule has 0 aromatic heterocycles. The van der Waals surface area contributed by atoms with Crippen LogP contribution in [0.15, 0.2) is 12.2 Å². The molecule has 6 heteroatoms. The van der Waals surface area contributed by atoms with Crippen LogP contribution in [-0.2, 0) is 14.3 Å². The summed E-state index contributed by atoms with van der Waals surface area (Å²) in [4.78, 5) is 24.5. The number of nitrogens with one attached hydrogen (secondary N) is 1. The molecule has 6 nitrogen and oxygen atoms in total. The third kappa shape index (κ3) is 50.0. The lowest BCUT2D eigenvalue weighted by molar-refractivity contribution is -0.143. The Kier molecular flexibility index (Phi) is 53.0. The van der Waals surface area contributed by atoms with Crippen molar-refractivity contribution < 1.29 is 24.5 Å². The molecule has 0 aromatic rings. The highest BCUT2D eigenvalue weighted by Gasteiger charge is 2.18. The molecular weight excluding hydrogens is 791 g/mol. The normalized spacial score (nSPS) is 12.6. The number of hydrogen-bond donors (Lipinski definition) is 3. The van der Waals surface area contributed by atoms with E-state index in [0.717, 1.165) is 44.9 Å². The Balaban J connectivity index is 3.46. The molecule has 2 unspecified atom stereocenters. The van der Waals surface area contributed by atoms with Crippen molar-refractivity contribution in [2.75, 3.05) is 13.2 Å². The van der Waals surface area contributed by atoms with Crippen molar-refractivity contribution in [3.63, 3.8) is 0 Å². The summed E-state index contributed by atoms with van der Waals surface area (Å²) in [5.41, 5.74) is 0. The van der Waals surface area contributed by atoms with Gasteiger partial charge in [-0.25, -0.2) is 0 Å². The number of carbonyl (C=O) groups excluding carboxylic acids is 2. The van der Waals surface area contributed by atoms with Crippen LogP contribution in [0, 0.1) is 0 Å². The standard InChI is InChI=1S/C58H113NO5/c1-3-5-7-9-11-13-15-16-17-18-19-20-21-24-27-31-34-38-42-46-50-56(61)55(54-60)59-57(62)51-47-43-39-35-32-28-25-22-23-26-29-33-37-41-45-49-53-64-58(63)52-48-44-40-36-30-14-12-10-8-6-4-2/h46,50,55-56,60-61H,3-45,47-49,51-54H2,1-2H3,(H,59,62)/b50-46+. The van der Waals surface area contributed by atoms with Crippen molar-refractivity contribution in [1.82, 2.24) is 5.32 Å². The second kappa shape index (κ2) is 54.2. The van der Waals surface area contributed by atoms with E-state index >= 15 is 0 Å². The molecule has 3 N–H and O–H groups in total. The average molecular weight is 905 g/mol. The lowest BCUT2D eigenvalue weighted by Crippen LogP contribution is -2.45. The molecule has 0 spiro atoms. The van der Waals surface area contributed by atoms with Gasteiger partial charge >= 0.3 is 5.97 Å². The molecule has 2 atom stereocenters. The van der Waals surface area contributed by atoms with E-state index in [2.05, 4.69) is 19.2 Å². The summed E-state index contributed by atoms with van der Waals surface area (Å²) in [6.45, 7) is 4.91. The molecule has 0 radical (unpaired) electrons. The molecule has 64 heavy (non-hydrogen) atoms. The first-order valence-corrected chi connectivity index (χ1v) is 29.0. The van der Waals surface area contributed by atoms with E-state index in [-0.39, 0.29) is 18.5 Å². The summed E-state index contributed by atoms with van der Waals surface area (Å²) in [5.74, 6) is -0.0691. The van der Waals surface area contributed by atoms with Gasteiger partial charge in [-0.1, -0.05) is 289 Å². The maximum Gasteiger partial charge on any atom is 0.305 e. The SMILES string of the molecule is CCCCCCCCCCCCCCCCCCCC/C=C/C(O)C(CO)NC(=O)CCCCCCCCCCCCCCCCCCOC(=O)CCCCCCCCCCCCC. The van der Waals surface area contributed by atoms with Gasteiger partial charge in [-0.15, -0.1) is 0 Å². The number of carbonyl (C=O) groups is 2. The van der Waals surface area contributed by atoms with Crippen molar-refractivity contribution in [3.8, 4) is 0 Å². The van der Waals surface area contributed by atoms with E-state index in [4.69, 9.17) is 4.74 Å². The number of allylic oxidation sites excluding steroid dienone is 1. The van der Waals surface area contributed by atoms with Crippen LogP contribution >= 0.6 is 0 Å². The molecule has 1 amide bonds. The number of rotatable bonds is 54. The molecule has 0 fully saturated rings. The fourth-order valence-electron chi connectivity index (χ4n) is 9.11. The Morgan fingerprint density at radius 3 is 1.06 bits per heavy atom. The van der Waals surface area contributed by atoms with E-state index in [1.54, 1.807) is 6.08 Å². The molecule has 0 saturated carbocycles. The molecule has 0 aliphatic heterocycles. The lowest BCUT2D eigenvalue weighted by atomic mass is 10.0. The van der Waals surface area contributed by atoms with Crippen LogP contribution in [0.3, 0.4) is 0 Å². The van der Waals surface area contributed by atoms with Gasteiger partial charge in [0, 0.05) is 12.8 Å². The van der Waals surface area contributed by atoms with E-state index in [1.165, 1.54) is 250 Å². The first-order chi connectivity index (χ1) is 31.5. The third-order valence-electron chi connectivity index (χ3n) is 13.6. The van der Waals surface area contributed by atoms with Crippen LogP contribution in [0.25, 0.3) is 0 Å². The minimum Gasteiger partial charge on any atom is -0.466 e. The van der Waals surface area contributed by atoms with Gasteiger partial charge in [0.05, 0.1) is 25.4 Å². The Morgan fingerprint density at radius 2 is 0.719 bits per heavy atom.